The molecule has 0 saturated carbocycles. The molecule has 0 unspecified atom stereocenters. The molecule has 1 heterocycles. The van der Waals surface area contributed by atoms with Crippen LogP contribution in [-0.4, -0.2) is 23.6 Å². The van der Waals surface area contributed by atoms with Crippen molar-refractivity contribution in [1.29, 1.82) is 0 Å². The van der Waals surface area contributed by atoms with Crippen LogP contribution < -0.4 is 0 Å². The predicted molar refractivity (Wildman–Crippen MR) is 33.7 cm³/mol. The summed E-state index contributed by atoms with van der Waals surface area (Å²) in [6.07, 6.45) is 1.01. The Morgan fingerprint density at radius 3 is 2.71 bits per heavy atom. The van der Waals surface area contributed by atoms with Crippen LogP contribution >= 0.6 is 12.6 Å². The highest BCUT2D eigenvalue weighted by Crippen LogP contribution is 2.03. The van der Waals surface area contributed by atoms with Gasteiger partial charge in [-0.1, -0.05) is 0 Å². The van der Waals surface area contributed by atoms with Gasteiger partial charge in [0.2, 0.25) is 0 Å². The molecule has 0 radical (unpaired) electrons. The zero-order valence-electron chi connectivity index (χ0n) is 4.26. The first-order valence-corrected chi connectivity index (χ1v) is 2.71. The summed E-state index contributed by atoms with van der Waals surface area (Å²) in [6, 6.07) is 0. The lowest BCUT2D eigenvalue weighted by Gasteiger charge is -2.00. The quantitative estimate of drug-likeness (QED) is 0.457. The average Bonchev–Trinajstić information content (AvgIpc) is 1.87. The van der Waals surface area contributed by atoms with E-state index in [1.807, 2.05) is 12.1 Å². The van der Waals surface area contributed by atoms with Crippen LogP contribution in [-0.2, 0) is 0 Å². The maximum atomic E-state index is 4.06. The summed E-state index contributed by atoms with van der Waals surface area (Å²) in [4.78, 5) is 0. The molecule has 0 spiro atoms. The van der Waals surface area contributed by atoms with Crippen molar-refractivity contribution in [2.75, 3.05) is 13.6 Å². The van der Waals surface area contributed by atoms with Gasteiger partial charge in [0, 0.05) is 20.0 Å². The van der Waals surface area contributed by atoms with E-state index < -0.39 is 0 Å². The molecular weight excluding hydrogens is 108 g/mol. The number of hydrogen-bond donors (Lipinski definition) is 1. The van der Waals surface area contributed by atoms with Crippen LogP contribution in [0.25, 0.3) is 0 Å². The monoisotopic (exact) mass is 116 g/mol. The summed E-state index contributed by atoms with van der Waals surface area (Å²) in [7, 11) is 1.95. The molecule has 0 aromatic rings. The minimum absolute atomic E-state index is 0.947. The molecule has 0 aromatic carbocycles. The molecule has 7 heavy (non-hydrogen) atoms. The maximum Gasteiger partial charge on any atom is 0.0921 e. The van der Waals surface area contributed by atoms with Gasteiger partial charge in [0.05, 0.1) is 5.04 Å². The summed E-state index contributed by atoms with van der Waals surface area (Å²) in [6.45, 7) is 1.03. The second-order valence-corrected chi connectivity index (χ2v) is 2.16. The van der Waals surface area contributed by atoms with E-state index in [9.17, 15) is 0 Å². The number of thiol groups is 1. The SMILES string of the molecule is CN1CCC(S)=N1. The highest BCUT2D eigenvalue weighted by atomic mass is 32.1. The van der Waals surface area contributed by atoms with Crippen LogP contribution in [0, 0.1) is 0 Å². The second-order valence-electron chi connectivity index (χ2n) is 1.65. The Balaban J connectivity index is 2.50. The van der Waals surface area contributed by atoms with Crippen molar-refractivity contribution in [2.45, 2.75) is 6.42 Å². The lowest BCUT2D eigenvalue weighted by atomic mass is 10.5. The third kappa shape index (κ3) is 1.09. The Bertz CT molecular complexity index is 99.9. The van der Waals surface area contributed by atoms with Gasteiger partial charge in [-0.05, 0) is 0 Å². The van der Waals surface area contributed by atoms with Crippen LogP contribution in [0.3, 0.4) is 0 Å². The predicted octanol–water partition coefficient (Wildman–Crippen LogP) is 0.565. The lowest BCUT2D eigenvalue weighted by Crippen LogP contribution is -2.04. The largest absolute Gasteiger partial charge is 0.299 e. The molecule has 0 aromatic heterocycles. The maximum absolute atomic E-state index is 4.06. The van der Waals surface area contributed by atoms with Gasteiger partial charge in [0.15, 0.2) is 0 Å². The molecule has 2 nitrogen and oxygen atoms in total. The van der Waals surface area contributed by atoms with Gasteiger partial charge >= 0.3 is 0 Å². The number of hydrogen-bond acceptors (Lipinski definition) is 2. The summed E-state index contributed by atoms with van der Waals surface area (Å²) in [5.41, 5.74) is 0. The highest BCUT2D eigenvalue weighted by Gasteiger charge is 2.04. The Hall–Kier alpha value is -0.180. The zero-order valence-corrected chi connectivity index (χ0v) is 5.15. The first kappa shape index (κ1) is 4.97. The molecule has 0 atom stereocenters. The number of rotatable bonds is 0. The topological polar surface area (TPSA) is 15.6 Å². The summed E-state index contributed by atoms with van der Waals surface area (Å²) >= 11 is 4.06. The zero-order chi connectivity index (χ0) is 5.28. The number of hydrazone groups is 1. The van der Waals surface area contributed by atoms with Crippen LogP contribution in [0.2, 0.25) is 0 Å². The molecule has 0 aliphatic carbocycles. The van der Waals surface area contributed by atoms with Crippen molar-refractivity contribution in [2.24, 2.45) is 5.10 Å². The van der Waals surface area contributed by atoms with E-state index in [0.717, 1.165) is 18.0 Å². The molecule has 0 N–H and O–H groups in total. The van der Waals surface area contributed by atoms with Gasteiger partial charge < -0.3 is 0 Å². The third-order valence-corrected chi connectivity index (χ3v) is 1.26. The molecular formula is C4H8N2S. The van der Waals surface area contributed by atoms with Crippen LogP contribution in [0.5, 0.6) is 0 Å². The van der Waals surface area contributed by atoms with Gasteiger partial charge in [0.1, 0.15) is 0 Å². The van der Waals surface area contributed by atoms with Gasteiger partial charge in [-0.3, -0.25) is 5.01 Å². The molecule has 0 saturated heterocycles. The van der Waals surface area contributed by atoms with Gasteiger partial charge in [-0.2, -0.15) is 5.10 Å². The summed E-state index contributed by atoms with van der Waals surface area (Å²) < 4.78 is 0. The van der Waals surface area contributed by atoms with Gasteiger partial charge in [0.25, 0.3) is 0 Å². The van der Waals surface area contributed by atoms with Crippen LogP contribution in [0.15, 0.2) is 5.10 Å². The average molecular weight is 116 g/mol. The lowest BCUT2D eigenvalue weighted by molar-refractivity contribution is 0.393. The van der Waals surface area contributed by atoms with Gasteiger partial charge in [-0.25, -0.2) is 0 Å². The molecule has 1 rings (SSSR count). The van der Waals surface area contributed by atoms with E-state index in [1.165, 1.54) is 0 Å². The fraction of sp³-hybridized carbons (Fsp3) is 0.750. The van der Waals surface area contributed by atoms with E-state index in [1.54, 1.807) is 0 Å². The fourth-order valence-electron chi connectivity index (χ4n) is 0.559. The normalized spacial score (nSPS) is 20.3. The van der Waals surface area contributed by atoms with Crippen LogP contribution in [0.4, 0.5) is 0 Å². The molecule has 0 fully saturated rings. The second kappa shape index (κ2) is 1.74. The molecule has 0 bridgehead atoms. The van der Waals surface area contributed by atoms with E-state index in [0.29, 0.717) is 0 Å². The Morgan fingerprint density at radius 1 is 1.86 bits per heavy atom. The Labute approximate surface area is 48.6 Å². The van der Waals surface area contributed by atoms with E-state index in [2.05, 4.69) is 17.7 Å². The Kier molecular flexibility index (Phi) is 1.23. The fourth-order valence-corrected chi connectivity index (χ4v) is 0.812. The minimum Gasteiger partial charge on any atom is -0.299 e. The molecule has 0 amide bonds. The van der Waals surface area contributed by atoms with Crippen molar-refractivity contribution in [3.8, 4) is 0 Å². The van der Waals surface area contributed by atoms with E-state index in [-0.39, 0.29) is 0 Å². The van der Waals surface area contributed by atoms with E-state index >= 15 is 0 Å². The molecule has 1 aliphatic heterocycles. The summed E-state index contributed by atoms with van der Waals surface area (Å²) in [5.74, 6) is 0. The number of nitrogens with zero attached hydrogens (tertiary/aromatic N) is 2. The van der Waals surface area contributed by atoms with Crippen molar-refractivity contribution in [3.05, 3.63) is 0 Å². The van der Waals surface area contributed by atoms with E-state index in [4.69, 9.17) is 0 Å². The third-order valence-electron chi connectivity index (χ3n) is 0.945. The first-order valence-electron chi connectivity index (χ1n) is 2.26. The van der Waals surface area contributed by atoms with Crippen molar-refractivity contribution in [3.63, 3.8) is 0 Å². The highest BCUT2D eigenvalue weighted by molar-refractivity contribution is 7.97. The Morgan fingerprint density at radius 2 is 2.57 bits per heavy atom. The smallest absolute Gasteiger partial charge is 0.0921 e. The summed E-state index contributed by atoms with van der Waals surface area (Å²) in [5, 5.41) is 6.84. The molecule has 40 valence electrons. The van der Waals surface area contributed by atoms with Crippen LogP contribution in [0.1, 0.15) is 6.42 Å². The van der Waals surface area contributed by atoms with Gasteiger partial charge in [-0.15, -0.1) is 12.6 Å². The molecule has 3 heteroatoms. The molecule has 1 aliphatic rings. The van der Waals surface area contributed by atoms with Crippen molar-refractivity contribution in [1.82, 2.24) is 5.01 Å². The van der Waals surface area contributed by atoms with Crippen molar-refractivity contribution >= 4 is 17.7 Å². The minimum atomic E-state index is 0.947. The standard InChI is InChI=1S/C4H8N2S/c1-6-3-2-4(7)5-6/h2-3H2,1H3,(H,5,7). The van der Waals surface area contributed by atoms with Crippen molar-refractivity contribution < 1.29 is 0 Å². The first-order chi connectivity index (χ1) is 3.29.